The van der Waals surface area contributed by atoms with Crippen LogP contribution in [0.2, 0.25) is 5.28 Å². The van der Waals surface area contributed by atoms with Gasteiger partial charge >= 0.3 is 6.18 Å². The first-order chi connectivity index (χ1) is 15.4. The second-order valence-electron chi connectivity index (χ2n) is 7.23. The van der Waals surface area contributed by atoms with Gasteiger partial charge in [0, 0.05) is 29.0 Å². The van der Waals surface area contributed by atoms with Crippen molar-refractivity contribution in [3.05, 3.63) is 46.8 Å². The molecule has 32 heavy (non-hydrogen) atoms. The maximum atomic E-state index is 13.6. The lowest BCUT2D eigenvalue weighted by Crippen LogP contribution is -2.10. The van der Waals surface area contributed by atoms with E-state index in [1.54, 1.807) is 11.4 Å². The number of benzene rings is 1. The number of hydrogen-bond donors (Lipinski definition) is 1. The summed E-state index contributed by atoms with van der Waals surface area (Å²) in [5, 5.41) is 5.26. The van der Waals surface area contributed by atoms with Crippen LogP contribution in [0.5, 0.6) is 5.75 Å². The average molecular weight is 485 g/mol. The molecule has 3 aromatic rings. The Hall–Kier alpha value is -2.39. The fourth-order valence-electron chi connectivity index (χ4n) is 3.05. The van der Waals surface area contributed by atoms with E-state index >= 15 is 0 Å². The summed E-state index contributed by atoms with van der Waals surface area (Å²) in [7, 11) is 0. The van der Waals surface area contributed by atoms with Crippen LogP contribution in [-0.2, 0) is 6.18 Å². The average Bonchev–Trinajstić information content (AvgIpc) is 3.22. The van der Waals surface area contributed by atoms with Gasteiger partial charge in [-0.3, -0.25) is 0 Å². The highest BCUT2D eigenvalue weighted by Gasteiger charge is 2.34. The minimum Gasteiger partial charge on any atom is -0.493 e. The minimum absolute atomic E-state index is 0.126. The molecule has 0 bridgehead atoms. The molecule has 3 rings (SSSR count). The Morgan fingerprint density at radius 1 is 1.06 bits per heavy atom. The lowest BCUT2D eigenvalue weighted by Gasteiger charge is -2.15. The number of nitrogens with one attached hydrogen (secondary N) is 1. The number of alkyl halides is 3. The van der Waals surface area contributed by atoms with E-state index in [4.69, 9.17) is 16.3 Å². The predicted octanol–water partition coefficient (Wildman–Crippen LogP) is 7.76. The molecule has 0 atom stereocenters. The zero-order chi connectivity index (χ0) is 23.0. The second kappa shape index (κ2) is 11.5. The van der Waals surface area contributed by atoms with Crippen molar-refractivity contribution >= 4 is 33.8 Å². The lowest BCUT2D eigenvalue weighted by molar-refractivity contribution is -0.138. The van der Waals surface area contributed by atoms with Gasteiger partial charge in [0.05, 0.1) is 17.9 Å². The molecule has 0 fully saturated rings. The Balaban J connectivity index is 1.64. The Bertz CT molecular complexity index is 996. The monoisotopic (exact) mass is 484 g/mol. The maximum Gasteiger partial charge on any atom is 0.420 e. The summed E-state index contributed by atoms with van der Waals surface area (Å²) in [4.78, 5) is 12.2. The molecule has 5 nitrogen and oxygen atoms in total. The predicted molar refractivity (Wildman–Crippen MR) is 122 cm³/mol. The van der Waals surface area contributed by atoms with E-state index in [9.17, 15) is 13.2 Å². The molecule has 0 aliphatic rings. The van der Waals surface area contributed by atoms with Crippen molar-refractivity contribution in [2.75, 3.05) is 11.9 Å². The highest BCUT2D eigenvalue weighted by atomic mass is 35.5. The molecule has 172 valence electrons. The summed E-state index contributed by atoms with van der Waals surface area (Å²) in [6.07, 6.45) is 4.79. The first-order valence-electron chi connectivity index (χ1n) is 10.4. The molecule has 1 N–H and O–H groups in total. The molecule has 0 aliphatic carbocycles. The summed E-state index contributed by atoms with van der Waals surface area (Å²) in [6, 6.07) is 3.95. The fraction of sp³-hybridized carbons (Fsp3) is 0.409. The van der Waals surface area contributed by atoms with Gasteiger partial charge in [0.25, 0.3) is 0 Å². The van der Waals surface area contributed by atoms with E-state index < -0.39 is 11.7 Å². The Kier molecular flexibility index (Phi) is 8.69. The van der Waals surface area contributed by atoms with Gasteiger partial charge in [-0.25, -0.2) is 15.0 Å². The van der Waals surface area contributed by atoms with Crippen LogP contribution < -0.4 is 10.1 Å². The molecule has 1 aromatic carbocycles. The number of anilines is 2. The SMILES string of the molecule is CCCCCCCCOc1ccc(Nc2nc(-c3cnc(Cl)nc3)cs2)cc1C(F)(F)F. The molecule has 0 amide bonds. The summed E-state index contributed by atoms with van der Waals surface area (Å²) < 4.78 is 46.2. The van der Waals surface area contributed by atoms with E-state index in [1.807, 2.05) is 0 Å². The van der Waals surface area contributed by atoms with Gasteiger partial charge in [0.15, 0.2) is 5.13 Å². The van der Waals surface area contributed by atoms with Crippen molar-refractivity contribution in [2.24, 2.45) is 0 Å². The highest BCUT2D eigenvalue weighted by molar-refractivity contribution is 7.14. The van der Waals surface area contributed by atoms with Crippen molar-refractivity contribution in [2.45, 2.75) is 51.6 Å². The third-order valence-corrected chi connectivity index (χ3v) is 5.66. The standard InChI is InChI=1S/C22H24ClF3N4OS/c1-2-3-4-5-6-7-10-31-19-9-8-16(11-17(19)22(24,25)26)29-21-30-18(14-32-21)15-12-27-20(23)28-13-15/h8-9,11-14H,2-7,10H2,1H3,(H,29,30). The Labute approximate surface area is 194 Å². The van der Waals surface area contributed by atoms with Gasteiger partial charge in [-0.05, 0) is 36.2 Å². The maximum absolute atomic E-state index is 13.6. The van der Waals surface area contributed by atoms with Gasteiger partial charge in [0.1, 0.15) is 5.75 Å². The number of halogens is 4. The third kappa shape index (κ3) is 7.06. The molecular formula is C22H24ClF3N4OS. The summed E-state index contributed by atoms with van der Waals surface area (Å²) >= 11 is 6.95. The Morgan fingerprint density at radius 2 is 1.78 bits per heavy atom. The van der Waals surface area contributed by atoms with Gasteiger partial charge in [0.2, 0.25) is 5.28 Å². The third-order valence-electron chi connectivity index (χ3n) is 4.71. The van der Waals surface area contributed by atoms with E-state index in [2.05, 4.69) is 27.2 Å². The molecule has 0 saturated heterocycles. The molecule has 0 saturated carbocycles. The van der Waals surface area contributed by atoms with E-state index in [1.165, 1.54) is 36.2 Å². The highest BCUT2D eigenvalue weighted by Crippen LogP contribution is 2.39. The van der Waals surface area contributed by atoms with E-state index in [-0.39, 0.29) is 23.3 Å². The van der Waals surface area contributed by atoms with Crippen LogP contribution in [-0.4, -0.2) is 21.6 Å². The van der Waals surface area contributed by atoms with Crippen LogP contribution in [0, 0.1) is 0 Å². The first kappa shape index (κ1) is 24.3. The molecule has 0 spiro atoms. The summed E-state index contributed by atoms with van der Waals surface area (Å²) in [5.74, 6) is -0.158. The number of thiazole rings is 1. The van der Waals surface area contributed by atoms with Crippen LogP contribution in [0.1, 0.15) is 51.0 Å². The van der Waals surface area contributed by atoms with Gasteiger partial charge < -0.3 is 10.1 Å². The smallest absolute Gasteiger partial charge is 0.420 e. The molecular weight excluding hydrogens is 461 g/mol. The van der Waals surface area contributed by atoms with Crippen molar-refractivity contribution < 1.29 is 17.9 Å². The molecule has 2 aromatic heterocycles. The van der Waals surface area contributed by atoms with Crippen molar-refractivity contribution in [1.82, 2.24) is 15.0 Å². The van der Waals surface area contributed by atoms with Crippen LogP contribution in [0.3, 0.4) is 0 Å². The second-order valence-corrected chi connectivity index (χ2v) is 8.42. The number of rotatable bonds is 11. The van der Waals surface area contributed by atoms with Crippen molar-refractivity contribution in [1.29, 1.82) is 0 Å². The zero-order valence-corrected chi connectivity index (χ0v) is 19.2. The lowest BCUT2D eigenvalue weighted by atomic mass is 10.1. The van der Waals surface area contributed by atoms with Crippen LogP contribution in [0.15, 0.2) is 36.0 Å². The summed E-state index contributed by atoms with van der Waals surface area (Å²) in [5.41, 5.74) is 0.728. The van der Waals surface area contributed by atoms with Gasteiger partial charge in [-0.2, -0.15) is 13.2 Å². The molecule has 0 aliphatic heterocycles. The first-order valence-corrected chi connectivity index (χ1v) is 11.7. The van der Waals surface area contributed by atoms with Gasteiger partial charge in [-0.15, -0.1) is 11.3 Å². The topological polar surface area (TPSA) is 59.9 Å². The largest absolute Gasteiger partial charge is 0.493 e. The van der Waals surface area contributed by atoms with Gasteiger partial charge in [-0.1, -0.05) is 39.0 Å². The fourth-order valence-corrected chi connectivity index (χ4v) is 3.89. The molecule has 10 heteroatoms. The zero-order valence-electron chi connectivity index (χ0n) is 17.6. The van der Waals surface area contributed by atoms with Crippen LogP contribution in [0.4, 0.5) is 24.0 Å². The Morgan fingerprint density at radius 3 is 2.50 bits per heavy atom. The minimum atomic E-state index is -4.52. The molecule has 0 radical (unpaired) electrons. The number of nitrogens with zero attached hydrogens (tertiary/aromatic N) is 3. The normalized spacial score (nSPS) is 11.5. The number of ether oxygens (including phenoxy) is 1. The van der Waals surface area contributed by atoms with Crippen molar-refractivity contribution in [3.63, 3.8) is 0 Å². The number of unbranched alkanes of at least 4 members (excludes halogenated alkanes) is 5. The summed E-state index contributed by atoms with van der Waals surface area (Å²) in [6.45, 7) is 2.41. The molecule has 0 unspecified atom stereocenters. The van der Waals surface area contributed by atoms with Crippen LogP contribution in [0.25, 0.3) is 11.3 Å². The molecule has 2 heterocycles. The number of aromatic nitrogens is 3. The van der Waals surface area contributed by atoms with E-state index in [0.29, 0.717) is 16.4 Å². The van der Waals surface area contributed by atoms with Crippen molar-refractivity contribution in [3.8, 4) is 17.0 Å². The quantitative estimate of drug-likeness (QED) is 0.222. The number of hydrogen-bond acceptors (Lipinski definition) is 6. The van der Waals surface area contributed by atoms with E-state index in [0.717, 1.165) is 38.2 Å². The van der Waals surface area contributed by atoms with Crippen LogP contribution >= 0.6 is 22.9 Å².